The molecule has 140 valence electrons. The lowest BCUT2D eigenvalue weighted by Crippen LogP contribution is -2.43. The van der Waals surface area contributed by atoms with Gasteiger partial charge in [0.15, 0.2) is 0 Å². The van der Waals surface area contributed by atoms with Crippen LogP contribution in [0.2, 0.25) is 5.02 Å². The molecule has 0 saturated heterocycles. The lowest BCUT2D eigenvalue weighted by atomic mass is 10.2. The number of amides is 1. The molecule has 0 heterocycles. The van der Waals surface area contributed by atoms with E-state index in [-0.39, 0.29) is 23.4 Å². The molecule has 2 aromatic carbocycles. The minimum Gasteiger partial charge on any atom is -0.352 e. The Labute approximate surface area is 160 Å². The van der Waals surface area contributed by atoms with E-state index in [0.717, 1.165) is 17.1 Å². The van der Waals surface area contributed by atoms with Gasteiger partial charge in [-0.2, -0.15) is 0 Å². The van der Waals surface area contributed by atoms with Gasteiger partial charge in [-0.1, -0.05) is 49.2 Å². The number of nitrogens with zero attached hydrogens (tertiary/aromatic N) is 1. The van der Waals surface area contributed by atoms with Gasteiger partial charge in [0.25, 0.3) is 10.0 Å². The molecular formula is C19H23ClN2O3S. The van der Waals surface area contributed by atoms with Gasteiger partial charge in [0, 0.05) is 11.1 Å². The zero-order valence-electron chi connectivity index (χ0n) is 14.9. The number of hydrogen-bond donors (Lipinski definition) is 1. The molecule has 0 aliphatic heterocycles. The van der Waals surface area contributed by atoms with Crippen LogP contribution in [0.25, 0.3) is 0 Å². The fraction of sp³-hybridized carbons (Fsp3) is 0.316. The van der Waals surface area contributed by atoms with Gasteiger partial charge in [-0.15, -0.1) is 0 Å². The Morgan fingerprint density at radius 2 is 1.85 bits per heavy atom. The number of benzene rings is 2. The molecule has 0 spiro atoms. The molecule has 0 aromatic heterocycles. The number of nitrogens with one attached hydrogen (secondary N) is 1. The van der Waals surface area contributed by atoms with E-state index in [1.165, 1.54) is 18.2 Å². The molecule has 0 bridgehead atoms. The first-order valence-corrected chi connectivity index (χ1v) is 10.3. The van der Waals surface area contributed by atoms with Crippen LogP contribution in [-0.4, -0.2) is 26.9 Å². The second-order valence-electron chi connectivity index (χ2n) is 6.06. The van der Waals surface area contributed by atoms with Crippen LogP contribution in [0.1, 0.15) is 26.7 Å². The van der Waals surface area contributed by atoms with Crippen molar-refractivity contribution in [2.24, 2.45) is 0 Å². The maximum Gasteiger partial charge on any atom is 0.264 e. The summed E-state index contributed by atoms with van der Waals surface area (Å²) in [6.07, 6.45) is 1.76. The van der Waals surface area contributed by atoms with Gasteiger partial charge >= 0.3 is 0 Å². The lowest BCUT2D eigenvalue weighted by molar-refractivity contribution is -0.120. The van der Waals surface area contributed by atoms with Crippen molar-refractivity contribution in [2.45, 2.75) is 37.6 Å². The van der Waals surface area contributed by atoms with Crippen molar-refractivity contribution >= 4 is 33.2 Å². The van der Waals surface area contributed by atoms with Crippen molar-refractivity contribution in [1.29, 1.82) is 0 Å². The third-order valence-corrected chi connectivity index (χ3v) is 5.87. The van der Waals surface area contributed by atoms with E-state index >= 15 is 0 Å². The molecule has 26 heavy (non-hydrogen) atoms. The van der Waals surface area contributed by atoms with Crippen LogP contribution < -0.4 is 9.62 Å². The Bertz CT molecular complexity index is 841. The Morgan fingerprint density at radius 3 is 2.46 bits per heavy atom. The van der Waals surface area contributed by atoms with Crippen molar-refractivity contribution in [1.82, 2.24) is 5.32 Å². The summed E-state index contributed by atoms with van der Waals surface area (Å²) in [6.45, 7) is 3.61. The molecule has 7 heteroatoms. The number of halogens is 1. The van der Waals surface area contributed by atoms with Crippen LogP contribution in [0.15, 0.2) is 59.5 Å². The number of rotatable bonds is 8. The SMILES string of the molecule is CCC[C@@H](C)NC(=O)CN(c1cccc(Cl)c1)S(=O)(=O)c1ccccc1. The van der Waals surface area contributed by atoms with Gasteiger partial charge < -0.3 is 5.32 Å². The van der Waals surface area contributed by atoms with Gasteiger partial charge in [0.1, 0.15) is 6.54 Å². The standard InChI is InChI=1S/C19H23ClN2O3S/c1-3-8-15(2)21-19(23)14-22(17-10-7-9-16(20)13-17)26(24,25)18-11-5-4-6-12-18/h4-7,9-13,15H,3,8,14H2,1-2H3,(H,21,23)/t15-/m1/s1. The monoisotopic (exact) mass is 394 g/mol. The molecule has 0 aliphatic rings. The summed E-state index contributed by atoms with van der Waals surface area (Å²) in [5.74, 6) is -0.356. The number of carbonyl (C=O) groups excluding carboxylic acids is 1. The topological polar surface area (TPSA) is 66.5 Å². The van der Waals surface area contributed by atoms with Crippen LogP contribution in [0.4, 0.5) is 5.69 Å². The second-order valence-corrected chi connectivity index (χ2v) is 8.36. The average molecular weight is 395 g/mol. The minimum absolute atomic E-state index is 0.0202. The highest BCUT2D eigenvalue weighted by molar-refractivity contribution is 7.92. The van der Waals surface area contributed by atoms with E-state index in [0.29, 0.717) is 10.7 Å². The van der Waals surface area contributed by atoms with Crippen LogP contribution in [0.5, 0.6) is 0 Å². The van der Waals surface area contributed by atoms with E-state index in [1.807, 2.05) is 13.8 Å². The third kappa shape index (κ3) is 5.22. The Kier molecular flexibility index (Phi) is 7.06. The smallest absolute Gasteiger partial charge is 0.264 e. The third-order valence-electron chi connectivity index (χ3n) is 3.84. The lowest BCUT2D eigenvalue weighted by Gasteiger charge is -2.25. The van der Waals surface area contributed by atoms with Crippen LogP contribution >= 0.6 is 11.6 Å². The summed E-state index contributed by atoms with van der Waals surface area (Å²) in [4.78, 5) is 12.5. The highest BCUT2D eigenvalue weighted by atomic mass is 35.5. The summed E-state index contributed by atoms with van der Waals surface area (Å²) >= 11 is 6.03. The summed E-state index contributed by atoms with van der Waals surface area (Å²) < 4.78 is 27.3. The van der Waals surface area contributed by atoms with E-state index in [2.05, 4.69) is 5.32 Å². The zero-order chi connectivity index (χ0) is 19.2. The normalized spacial score (nSPS) is 12.4. The molecular weight excluding hydrogens is 372 g/mol. The van der Waals surface area contributed by atoms with Gasteiger partial charge in [-0.25, -0.2) is 8.42 Å². The molecule has 0 fully saturated rings. The Balaban J connectivity index is 2.36. The quantitative estimate of drug-likeness (QED) is 0.739. The number of hydrogen-bond acceptors (Lipinski definition) is 3. The van der Waals surface area contributed by atoms with E-state index in [4.69, 9.17) is 11.6 Å². The van der Waals surface area contributed by atoms with Crippen LogP contribution in [-0.2, 0) is 14.8 Å². The molecule has 1 amide bonds. The van der Waals surface area contributed by atoms with Gasteiger partial charge in [-0.3, -0.25) is 9.10 Å². The molecule has 2 rings (SSSR count). The number of sulfonamides is 1. The van der Waals surface area contributed by atoms with E-state index in [9.17, 15) is 13.2 Å². The van der Waals surface area contributed by atoms with E-state index in [1.54, 1.807) is 36.4 Å². The van der Waals surface area contributed by atoms with Gasteiger partial charge in [0.05, 0.1) is 10.6 Å². The summed E-state index contributed by atoms with van der Waals surface area (Å²) in [7, 11) is -3.90. The molecule has 1 atom stereocenters. The summed E-state index contributed by atoms with van der Waals surface area (Å²) in [6, 6.07) is 14.5. The molecule has 5 nitrogen and oxygen atoms in total. The first-order valence-electron chi connectivity index (χ1n) is 8.47. The van der Waals surface area contributed by atoms with Crippen molar-refractivity contribution in [3.8, 4) is 0 Å². The average Bonchev–Trinajstić information content (AvgIpc) is 2.60. The molecule has 0 unspecified atom stereocenters. The zero-order valence-corrected chi connectivity index (χ0v) is 16.4. The Morgan fingerprint density at radius 1 is 1.15 bits per heavy atom. The van der Waals surface area contributed by atoms with Gasteiger partial charge in [-0.05, 0) is 43.7 Å². The fourth-order valence-corrected chi connectivity index (χ4v) is 4.24. The highest BCUT2D eigenvalue weighted by Gasteiger charge is 2.27. The van der Waals surface area contributed by atoms with Crippen molar-refractivity contribution < 1.29 is 13.2 Å². The van der Waals surface area contributed by atoms with Crippen molar-refractivity contribution in [3.05, 3.63) is 59.6 Å². The summed E-state index contributed by atoms with van der Waals surface area (Å²) in [5, 5.41) is 3.24. The van der Waals surface area contributed by atoms with Crippen LogP contribution in [0, 0.1) is 0 Å². The maximum atomic E-state index is 13.1. The molecule has 2 aromatic rings. The number of carbonyl (C=O) groups is 1. The highest BCUT2D eigenvalue weighted by Crippen LogP contribution is 2.25. The van der Waals surface area contributed by atoms with Gasteiger partial charge in [0.2, 0.25) is 5.91 Å². The molecule has 0 aliphatic carbocycles. The fourth-order valence-electron chi connectivity index (χ4n) is 2.62. The second kappa shape index (κ2) is 9.05. The predicted molar refractivity (Wildman–Crippen MR) is 105 cm³/mol. The molecule has 0 saturated carbocycles. The summed E-state index contributed by atoms with van der Waals surface area (Å²) in [5.41, 5.74) is 0.347. The predicted octanol–water partition coefficient (Wildman–Crippen LogP) is 3.84. The molecule has 1 N–H and O–H groups in total. The van der Waals surface area contributed by atoms with Crippen molar-refractivity contribution in [3.63, 3.8) is 0 Å². The number of anilines is 1. The largest absolute Gasteiger partial charge is 0.352 e. The molecule has 0 radical (unpaired) electrons. The van der Waals surface area contributed by atoms with Crippen LogP contribution in [0.3, 0.4) is 0 Å². The minimum atomic E-state index is -3.90. The first kappa shape index (κ1) is 20.3. The maximum absolute atomic E-state index is 13.1. The van der Waals surface area contributed by atoms with Crippen molar-refractivity contribution in [2.75, 3.05) is 10.8 Å². The first-order chi connectivity index (χ1) is 12.3. The van der Waals surface area contributed by atoms with E-state index < -0.39 is 10.0 Å². The Hall–Kier alpha value is -2.05.